The van der Waals surface area contributed by atoms with Gasteiger partial charge in [-0.3, -0.25) is 4.68 Å². The van der Waals surface area contributed by atoms with Gasteiger partial charge in [-0.15, -0.1) is 0 Å². The standard InChI is InChI=1S/C23H19ClF6N4.Na.H/c1-21(2,3)19-16(23(28,29)30)18(34(4)33-19)20-31-15-10-11(12-7-5-6-8-14(12)24)9-13(17(15)32-20)22(25,26)27;;/h5-10H,1-4H3,(H,31,32);;. The van der Waals surface area contributed by atoms with Gasteiger partial charge in [0, 0.05) is 23.0 Å². The van der Waals surface area contributed by atoms with E-state index in [1.807, 2.05) is 0 Å². The molecule has 2 aromatic carbocycles. The summed E-state index contributed by atoms with van der Waals surface area (Å²) in [6.45, 7) is 4.72. The van der Waals surface area contributed by atoms with Gasteiger partial charge in [-0.1, -0.05) is 50.6 Å². The summed E-state index contributed by atoms with van der Waals surface area (Å²) in [7, 11) is 1.30. The summed E-state index contributed by atoms with van der Waals surface area (Å²) in [5, 5.41) is 4.27. The van der Waals surface area contributed by atoms with Gasteiger partial charge in [0.2, 0.25) is 0 Å². The number of H-pyrrole nitrogens is 1. The molecule has 4 nitrogen and oxygen atoms in total. The van der Waals surface area contributed by atoms with Gasteiger partial charge in [0.15, 0.2) is 5.82 Å². The first-order valence-electron chi connectivity index (χ1n) is 10.1. The Morgan fingerprint density at radius 1 is 0.943 bits per heavy atom. The van der Waals surface area contributed by atoms with E-state index in [2.05, 4.69) is 15.1 Å². The number of hydrogen-bond donors (Lipinski definition) is 1. The molecule has 0 saturated heterocycles. The minimum atomic E-state index is -4.80. The van der Waals surface area contributed by atoms with E-state index in [1.54, 1.807) is 39.0 Å². The van der Waals surface area contributed by atoms with E-state index in [-0.39, 0.29) is 57.2 Å². The van der Waals surface area contributed by atoms with Crippen molar-refractivity contribution in [3.8, 4) is 22.6 Å². The molecule has 0 radical (unpaired) electrons. The molecule has 0 aliphatic carbocycles. The van der Waals surface area contributed by atoms with Crippen LogP contribution in [0.5, 0.6) is 0 Å². The van der Waals surface area contributed by atoms with Crippen LogP contribution in [0.3, 0.4) is 0 Å². The monoisotopic (exact) mass is 524 g/mol. The molecule has 0 amide bonds. The van der Waals surface area contributed by atoms with Crippen LogP contribution in [0, 0.1) is 0 Å². The van der Waals surface area contributed by atoms with Crippen molar-refractivity contribution in [2.75, 3.05) is 0 Å². The molecule has 0 saturated carbocycles. The van der Waals surface area contributed by atoms with Gasteiger partial charge in [-0.25, -0.2) is 4.98 Å². The number of fused-ring (bicyclic) bond motifs is 1. The first-order chi connectivity index (χ1) is 15.6. The van der Waals surface area contributed by atoms with Crippen LogP contribution in [-0.4, -0.2) is 49.3 Å². The van der Waals surface area contributed by atoms with Crippen molar-refractivity contribution >= 4 is 52.2 Å². The second kappa shape index (κ2) is 9.14. The molecule has 0 bridgehead atoms. The molecule has 2 heterocycles. The van der Waals surface area contributed by atoms with E-state index in [1.165, 1.54) is 19.2 Å². The first kappa shape index (κ1) is 27.6. The van der Waals surface area contributed by atoms with Gasteiger partial charge in [-0.05, 0) is 23.8 Å². The Morgan fingerprint density at radius 3 is 2.11 bits per heavy atom. The summed E-state index contributed by atoms with van der Waals surface area (Å²) in [5.41, 5.74) is -3.84. The van der Waals surface area contributed by atoms with Crippen LogP contribution in [0.15, 0.2) is 36.4 Å². The summed E-state index contributed by atoms with van der Waals surface area (Å²) in [6.07, 6.45) is -9.60. The van der Waals surface area contributed by atoms with Gasteiger partial charge in [0.1, 0.15) is 11.3 Å². The molecule has 0 aliphatic rings. The molecule has 0 atom stereocenters. The third-order valence-corrected chi connectivity index (χ3v) is 5.68. The second-order valence-electron chi connectivity index (χ2n) is 8.92. The van der Waals surface area contributed by atoms with Crippen LogP contribution in [0.25, 0.3) is 33.7 Å². The quantitative estimate of drug-likeness (QED) is 0.227. The van der Waals surface area contributed by atoms with Crippen molar-refractivity contribution in [2.24, 2.45) is 7.05 Å². The zero-order valence-electron chi connectivity index (χ0n) is 18.5. The van der Waals surface area contributed by atoms with Crippen LogP contribution < -0.4 is 0 Å². The molecular formula is C23H20ClF6N4Na. The number of aromatic nitrogens is 4. The number of halogens is 7. The summed E-state index contributed by atoms with van der Waals surface area (Å²) in [4.78, 5) is 6.62. The van der Waals surface area contributed by atoms with E-state index in [9.17, 15) is 26.3 Å². The van der Waals surface area contributed by atoms with Crippen molar-refractivity contribution in [1.29, 1.82) is 0 Å². The molecule has 35 heavy (non-hydrogen) atoms. The fourth-order valence-corrected chi connectivity index (χ4v) is 4.13. The maximum atomic E-state index is 14.1. The number of rotatable bonds is 2. The molecule has 0 fully saturated rings. The Hall–Kier alpha value is -2.01. The Labute approximate surface area is 224 Å². The Bertz CT molecular complexity index is 1400. The summed E-state index contributed by atoms with van der Waals surface area (Å²) in [5.74, 6) is -0.366. The van der Waals surface area contributed by atoms with E-state index in [0.717, 1.165) is 10.7 Å². The fourth-order valence-electron chi connectivity index (χ4n) is 3.89. The zero-order chi connectivity index (χ0) is 25.2. The SMILES string of the molecule is Cn1nc(C(C)(C)C)c(C(F)(F)F)c1-c1nc2cc(-c3ccccc3Cl)cc(C(F)(F)F)c2[nH]1.[NaH]. The van der Waals surface area contributed by atoms with Crippen molar-refractivity contribution in [3.63, 3.8) is 0 Å². The van der Waals surface area contributed by atoms with Crippen LogP contribution in [0.2, 0.25) is 5.02 Å². The topological polar surface area (TPSA) is 46.5 Å². The average Bonchev–Trinajstić information content (AvgIpc) is 3.26. The van der Waals surface area contributed by atoms with Crippen LogP contribution >= 0.6 is 11.6 Å². The predicted molar refractivity (Wildman–Crippen MR) is 125 cm³/mol. The number of nitrogens with zero attached hydrogens (tertiary/aromatic N) is 3. The molecule has 1 N–H and O–H groups in total. The van der Waals surface area contributed by atoms with Gasteiger partial charge >= 0.3 is 41.9 Å². The number of alkyl halides is 6. The molecule has 0 spiro atoms. The molecule has 4 aromatic rings. The summed E-state index contributed by atoms with van der Waals surface area (Å²) in [6, 6.07) is 8.60. The van der Waals surface area contributed by atoms with E-state index < -0.39 is 40.1 Å². The van der Waals surface area contributed by atoms with Gasteiger partial charge < -0.3 is 4.98 Å². The molecule has 0 unspecified atom stereocenters. The van der Waals surface area contributed by atoms with E-state index >= 15 is 0 Å². The zero-order valence-corrected chi connectivity index (χ0v) is 19.2. The number of imidazole rings is 1. The number of benzene rings is 2. The Kier molecular flexibility index (Phi) is 7.20. The van der Waals surface area contributed by atoms with Gasteiger partial charge in [0.05, 0.1) is 22.3 Å². The van der Waals surface area contributed by atoms with Crippen molar-refractivity contribution in [1.82, 2.24) is 19.7 Å². The number of hydrogen-bond acceptors (Lipinski definition) is 2. The number of nitrogens with one attached hydrogen (secondary N) is 1. The third kappa shape index (κ3) is 5.12. The molecule has 0 aliphatic heterocycles. The number of aromatic amines is 1. The maximum absolute atomic E-state index is 14.1. The van der Waals surface area contributed by atoms with E-state index in [0.29, 0.717) is 5.56 Å². The molecule has 2 aromatic heterocycles. The molecule has 182 valence electrons. The van der Waals surface area contributed by atoms with Crippen LogP contribution in [-0.2, 0) is 24.8 Å². The summed E-state index contributed by atoms with van der Waals surface area (Å²) < 4.78 is 85.2. The Morgan fingerprint density at radius 2 is 1.57 bits per heavy atom. The van der Waals surface area contributed by atoms with E-state index in [4.69, 9.17) is 11.6 Å². The van der Waals surface area contributed by atoms with Gasteiger partial charge in [0.25, 0.3) is 0 Å². The normalized spacial score (nSPS) is 12.8. The number of aryl methyl sites for hydroxylation is 1. The minimum absolute atomic E-state index is 0. The fraction of sp³-hybridized carbons (Fsp3) is 0.304. The van der Waals surface area contributed by atoms with Crippen molar-refractivity contribution in [3.05, 3.63) is 58.2 Å². The van der Waals surface area contributed by atoms with Crippen molar-refractivity contribution < 1.29 is 26.3 Å². The van der Waals surface area contributed by atoms with Crippen LogP contribution in [0.1, 0.15) is 37.6 Å². The molecule has 12 heteroatoms. The summed E-state index contributed by atoms with van der Waals surface area (Å²) >= 11 is 6.17. The third-order valence-electron chi connectivity index (χ3n) is 5.35. The molecular weight excluding hydrogens is 505 g/mol. The van der Waals surface area contributed by atoms with Gasteiger partial charge in [-0.2, -0.15) is 31.4 Å². The predicted octanol–water partition coefficient (Wildman–Crippen LogP) is 6.97. The van der Waals surface area contributed by atoms with Crippen molar-refractivity contribution in [2.45, 2.75) is 38.5 Å². The average molecular weight is 525 g/mol. The Balaban J connectivity index is 0.00000342. The second-order valence-corrected chi connectivity index (χ2v) is 9.33. The van der Waals surface area contributed by atoms with Crippen LogP contribution in [0.4, 0.5) is 26.3 Å². The first-order valence-corrected chi connectivity index (χ1v) is 10.5. The molecule has 4 rings (SSSR count).